The van der Waals surface area contributed by atoms with E-state index in [1.807, 2.05) is 0 Å². The molecule has 0 aromatic carbocycles. The van der Waals surface area contributed by atoms with Crippen LogP contribution in [0.4, 0.5) is 0 Å². The van der Waals surface area contributed by atoms with E-state index in [0.717, 1.165) is 32.8 Å². The molecule has 1 rings (SSSR count). The van der Waals surface area contributed by atoms with Crippen LogP contribution in [0.25, 0.3) is 0 Å². The average Bonchev–Trinajstić information content (AvgIpc) is 2.14. The van der Waals surface area contributed by atoms with E-state index in [-0.39, 0.29) is 0 Å². The minimum Gasteiger partial charge on any atom is -0.380 e. The molecule has 0 aromatic rings. The van der Waals surface area contributed by atoms with Crippen LogP contribution in [-0.2, 0) is 4.74 Å². The second-order valence-electron chi connectivity index (χ2n) is 4.06. The highest BCUT2D eigenvalue weighted by Gasteiger charge is 2.08. The lowest BCUT2D eigenvalue weighted by molar-refractivity contribution is 0.0820. The van der Waals surface area contributed by atoms with E-state index in [1.165, 1.54) is 13.1 Å². The molecule has 3 nitrogen and oxygen atoms in total. The zero-order valence-electron chi connectivity index (χ0n) is 8.88. The third-order valence-corrected chi connectivity index (χ3v) is 2.21. The third kappa shape index (κ3) is 5.24. The van der Waals surface area contributed by atoms with Crippen molar-refractivity contribution in [2.24, 2.45) is 5.92 Å². The molecule has 0 amide bonds. The summed E-state index contributed by atoms with van der Waals surface area (Å²) in [6.07, 6.45) is 0. The highest BCUT2D eigenvalue weighted by atomic mass is 16.5. The van der Waals surface area contributed by atoms with Crippen LogP contribution >= 0.6 is 0 Å². The molecular formula is C10H22N2O. The maximum Gasteiger partial charge on any atom is 0.0593 e. The summed E-state index contributed by atoms with van der Waals surface area (Å²) in [5, 5.41) is 3.34. The molecule has 13 heavy (non-hydrogen) atoms. The van der Waals surface area contributed by atoms with Gasteiger partial charge in [-0.15, -0.1) is 0 Å². The minimum absolute atomic E-state index is 0.656. The van der Waals surface area contributed by atoms with Gasteiger partial charge in [0.15, 0.2) is 0 Å². The molecule has 1 heterocycles. The van der Waals surface area contributed by atoms with Crippen molar-refractivity contribution in [2.75, 3.05) is 45.9 Å². The monoisotopic (exact) mass is 186 g/mol. The van der Waals surface area contributed by atoms with Crippen molar-refractivity contribution in [3.8, 4) is 0 Å². The Balaban J connectivity index is 1.92. The van der Waals surface area contributed by atoms with Crippen molar-refractivity contribution < 1.29 is 4.74 Å². The molecule has 0 saturated carbocycles. The number of nitrogens with one attached hydrogen (secondary N) is 1. The number of hydrogen-bond donors (Lipinski definition) is 1. The highest BCUT2D eigenvalue weighted by Crippen LogP contribution is 1.94. The standard InChI is InChI=1S/C10H22N2O/c1-10(2)9-13-8-7-12-5-3-11-4-6-12/h10-11H,3-9H2,1-2H3. The Hall–Kier alpha value is -0.120. The quantitative estimate of drug-likeness (QED) is 0.635. The van der Waals surface area contributed by atoms with E-state index in [2.05, 4.69) is 24.1 Å². The number of hydrogen-bond acceptors (Lipinski definition) is 3. The van der Waals surface area contributed by atoms with E-state index in [9.17, 15) is 0 Å². The Morgan fingerprint density at radius 2 is 2.00 bits per heavy atom. The van der Waals surface area contributed by atoms with Gasteiger partial charge < -0.3 is 10.1 Å². The molecule has 0 bridgehead atoms. The lowest BCUT2D eigenvalue weighted by Crippen LogP contribution is -2.44. The van der Waals surface area contributed by atoms with E-state index < -0.39 is 0 Å². The topological polar surface area (TPSA) is 24.5 Å². The van der Waals surface area contributed by atoms with Crippen LogP contribution in [0, 0.1) is 5.92 Å². The first-order chi connectivity index (χ1) is 6.29. The summed E-state index contributed by atoms with van der Waals surface area (Å²) in [5.74, 6) is 0.656. The fourth-order valence-electron chi connectivity index (χ4n) is 1.45. The van der Waals surface area contributed by atoms with Crippen LogP contribution in [0.2, 0.25) is 0 Å². The number of nitrogens with zero attached hydrogens (tertiary/aromatic N) is 1. The van der Waals surface area contributed by atoms with Gasteiger partial charge in [0, 0.05) is 39.3 Å². The molecular weight excluding hydrogens is 164 g/mol. The SMILES string of the molecule is CC(C)COCCN1CCNCC1. The van der Waals surface area contributed by atoms with Gasteiger partial charge in [-0.2, -0.15) is 0 Å². The predicted molar refractivity (Wildman–Crippen MR) is 55.0 cm³/mol. The second-order valence-corrected chi connectivity index (χ2v) is 4.06. The van der Waals surface area contributed by atoms with Gasteiger partial charge in [-0.05, 0) is 5.92 Å². The first-order valence-electron chi connectivity index (χ1n) is 5.30. The number of ether oxygens (including phenoxy) is 1. The molecule has 1 aliphatic rings. The molecule has 0 atom stereocenters. The fourth-order valence-corrected chi connectivity index (χ4v) is 1.45. The lowest BCUT2D eigenvalue weighted by Gasteiger charge is -2.26. The molecule has 0 unspecified atom stereocenters. The van der Waals surface area contributed by atoms with Crippen molar-refractivity contribution in [1.82, 2.24) is 10.2 Å². The van der Waals surface area contributed by atoms with Gasteiger partial charge in [0.05, 0.1) is 6.61 Å². The zero-order valence-corrected chi connectivity index (χ0v) is 8.88. The fraction of sp³-hybridized carbons (Fsp3) is 1.00. The van der Waals surface area contributed by atoms with E-state index in [1.54, 1.807) is 0 Å². The van der Waals surface area contributed by atoms with Gasteiger partial charge in [0.2, 0.25) is 0 Å². The van der Waals surface area contributed by atoms with Crippen LogP contribution in [0.15, 0.2) is 0 Å². The third-order valence-electron chi connectivity index (χ3n) is 2.21. The van der Waals surface area contributed by atoms with E-state index in [0.29, 0.717) is 5.92 Å². The largest absolute Gasteiger partial charge is 0.380 e. The molecule has 3 heteroatoms. The average molecular weight is 186 g/mol. The molecule has 0 aliphatic carbocycles. The summed E-state index contributed by atoms with van der Waals surface area (Å²) >= 11 is 0. The first-order valence-corrected chi connectivity index (χ1v) is 5.30. The summed E-state index contributed by atoms with van der Waals surface area (Å²) in [6.45, 7) is 11.8. The van der Waals surface area contributed by atoms with Crippen molar-refractivity contribution in [2.45, 2.75) is 13.8 Å². The summed E-state index contributed by atoms with van der Waals surface area (Å²) < 4.78 is 5.54. The highest BCUT2D eigenvalue weighted by molar-refractivity contribution is 4.66. The second kappa shape index (κ2) is 6.35. The maximum absolute atomic E-state index is 5.54. The van der Waals surface area contributed by atoms with Crippen LogP contribution in [0.3, 0.4) is 0 Å². The lowest BCUT2D eigenvalue weighted by atomic mass is 10.2. The Morgan fingerprint density at radius 3 is 2.62 bits per heavy atom. The molecule has 1 saturated heterocycles. The molecule has 0 spiro atoms. The number of piperazine rings is 1. The van der Waals surface area contributed by atoms with E-state index in [4.69, 9.17) is 4.74 Å². The van der Waals surface area contributed by atoms with E-state index >= 15 is 0 Å². The maximum atomic E-state index is 5.54. The van der Waals surface area contributed by atoms with Crippen molar-refractivity contribution in [3.05, 3.63) is 0 Å². The Kier molecular flexibility index (Phi) is 5.35. The first kappa shape index (κ1) is 11.0. The summed E-state index contributed by atoms with van der Waals surface area (Å²) in [5.41, 5.74) is 0. The number of rotatable bonds is 5. The summed E-state index contributed by atoms with van der Waals surface area (Å²) in [6, 6.07) is 0. The van der Waals surface area contributed by atoms with Crippen molar-refractivity contribution in [1.29, 1.82) is 0 Å². The molecule has 1 N–H and O–H groups in total. The Morgan fingerprint density at radius 1 is 1.31 bits per heavy atom. The molecule has 1 fully saturated rings. The molecule has 0 radical (unpaired) electrons. The summed E-state index contributed by atoms with van der Waals surface area (Å²) in [7, 11) is 0. The van der Waals surface area contributed by atoms with Gasteiger partial charge >= 0.3 is 0 Å². The van der Waals surface area contributed by atoms with Crippen LogP contribution in [-0.4, -0.2) is 50.8 Å². The van der Waals surface area contributed by atoms with Crippen molar-refractivity contribution in [3.63, 3.8) is 0 Å². The van der Waals surface area contributed by atoms with Gasteiger partial charge in [0.1, 0.15) is 0 Å². The van der Waals surface area contributed by atoms with Crippen LogP contribution in [0.5, 0.6) is 0 Å². The van der Waals surface area contributed by atoms with Gasteiger partial charge in [0.25, 0.3) is 0 Å². The van der Waals surface area contributed by atoms with Crippen LogP contribution in [0.1, 0.15) is 13.8 Å². The molecule has 0 aromatic heterocycles. The Labute approximate surface area is 81.4 Å². The minimum atomic E-state index is 0.656. The van der Waals surface area contributed by atoms with Crippen molar-refractivity contribution >= 4 is 0 Å². The normalized spacial score (nSPS) is 19.6. The van der Waals surface area contributed by atoms with Gasteiger partial charge in [-0.3, -0.25) is 4.90 Å². The van der Waals surface area contributed by atoms with Gasteiger partial charge in [-0.1, -0.05) is 13.8 Å². The molecule has 1 aliphatic heterocycles. The zero-order chi connectivity index (χ0) is 9.52. The smallest absolute Gasteiger partial charge is 0.0593 e. The Bertz CT molecular complexity index is 122. The van der Waals surface area contributed by atoms with Gasteiger partial charge in [-0.25, -0.2) is 0 Å². The summed E-state index contributed by atoms with van der Waals surface area (Å²) in [4.78, 5) is 2.46. The predicted octanol–water partition coefficient (Wildman–Crippen LogP) is 0.564. The van der Waals surface area contributed by atoms with Crippen LogP contribution < -0.4 is 5.32 Å². The molecule has 78 valence electrons.